The van der Waals surface area contributed by atoms with Gasteiger partial charge >= 0.3 is 0 Å². The number of carbonyl (C=O) groups excluding carboxylic acids is 1. The van der Waals surface area contributed by atoms with Gasteiger partial charge in [0.1, 0.15) is 5.75 Å². The fraction of sp³-hybridized carbons (Fsp3) is 0.562. The number of ketones is 1. The topological polar surface area (TPSA) is 32.8 Å². The number of para-hydroxylation sites is 1. The van der Waals surface area contributed by atoms with Crippen LogP contribution in [-0.4, -0.2) is 61.5 Å². The van der Waals surface area contributed by atoms with Gasteiger partial charge in [-0.1, -0.05) is 12.1 Å². The van der Waals surface area contributed by atoms with E-state index in [2.05, 4.69) is 9.80 Å². The molecule has 3 rings (SSSR count). The lowest BCUT2D eigenvalue weighted by Gasteiger charge is -2.37. The Morgan fingerprint density at radius 1 is 1.30 bits per heavy atom. The van der Waals surface area contributed by atoms with Crippen LogP contribution in [-0.2, 0) is 0 Å². The maximum atomic E-state index is 12.4. The van der Waals surface area contributed by atoms with Crippen molar-refractivity contribution < 1.29 is 9.53 Å². The molecule has 1 unspecified atom stereocenters. The molecule has 0 spiro atoms. The van der Waals surface area contributed by atoms with Crippen LogP contribution in [0.15, 0.2) is 24.3 Å². The summed E-state index contributed by atoms with van der Waals surface area (Å²) in [7, 11) is 1.61. The zero-order chi connectivity index (χ0) is 13.9. The van der Waals surface area contributed by atoms with Crippen molar-refractivity contribution in [3.8, 4) is 5.75 Å². The van der Waals surface area contributed by atoms with Crippen LogP contribution < -0.4 is 4.74 Å². The van der Waals surface area contributed by atoms with Crippen LogP contribution in [0.25, 0.3) is 0 Å². The molecule has 0 aromatic heterocycles. The molecule has 0 amide bonds. The van der Waals surface area contributed by atoms with Crippen LogP contribution in [0.5, 0.6) is 5.75 Å². The van der Waals surface area contributed by atoms with Crippen LogP contribution in [0.3, 0.4) is 0 Å². The highest BCUT2D eigenvalue weighted by Gasteiger charge is 2.31. The molecule has 1 aromatic carbocycles. The van der Waals surface area contributed by atoms with Crippen molar-refractivity contribution in [3.05, 3.63) is 29.8 Å². The SMILES string of the molecule is COc1ccccc1C(=O)CN1CCN2CCCC2C1. The summed E-state index contributed by atoms with van der Waals surface area (Å²) in [6, 6.07) is 8.15. The summed E-state index contributed by atoms with van der Waals surface area (Å²) in [6.45, 7) is 4.87. The third kappa shape index (κ3) is 2.72. The quantitative estimate of drug-likeness (QED) is 0.782. The molecule has 2 aliphatic heterocycles. The van der Waals surface area contributed by atoms with Gasteiger partial charge in [0.25, 0.3) is 0 Å². The van der Waals surface area contributed by atoms with Gasteiger partial charge in [-0.15, -0.1) is 0 Å². The molecule has 2 fully saturated rings. The highest BCUT2D eigenvalue weighted by Crippen LogP contribution is 2.23. The molecule has 0 N–H and O–H groups in total. The second kappa shape index (κ2) is 5.94. The van der Waals surface area contributed by atoms with Gasteiger partial charge in [0.05, 0.1) is 19.2 Å². The van der Waals surface area contributed by atoms with Gasteiger partial charge in [-0.25, -0.2) is 0 Å². The lowest BCUT2D eigenvalue weighted by atomic mass is 10.1. The summed E-state index contributed by atoms with van der Waals surface area (Å²) in [5, 5.41) is 0. The molecule has 4 heteroatoms. The first-order valence-corrected chi connectivity index (χ1v) is 7.40. The number of hydrogen-bond donors (Lipinski definition) is 0. The minimum absolute atomic E-state index is 0.161. The van der Waals surface area contributed by atoms with Crippen LogP contribution in [0, 0.1) is 0 Å². The van der Waals surface area contributed by atoms with Crippen molar-refractivity contribution in [2.45, 2.75) is 18.9 Å². The van der Waals surface area contributed by atoms with E-state index in [4.69, 9.17) is 4.74 Å². The molecular weight excluding hydrogens is 252 g/mol. The number of methoxy groups -OCH3 is 1. The number of Topliss-reactive ketones (excluding diaryl/α,β-unsaturated/α-hetero) is 1. The molecule has 2 heterocycles. The summed E-state index contributed by atoms with van der Waals surface area (Å²) in [4.78, 5) is 17.3. The van der Waals surface area contributed by atoms with Crippen LogP contribution in [0.2, 0.25) is 0 Å². The largest absolute Gasteiger partial charge is 0.496 e. The van der Waals surface area contributed by atoms with E-state index in [1.54, 1.807) is 7.11 Å². The normalized spacial score (nSPS) is 23.6. The lowest BCUT2D eigenvalue weighted by Crippen LogP contribution is -2.51. The van der Waals surface area contributed by atoms with Crippen molar-refractivity contribution >= 4 is 5.78 Å². The molecule has 2 saturated heterocycles. The van der Waals surface area contributed by atoms with Gasteiger partial charge in [0.15, 0.2) is 5.78 Å². The second-order valence-electron chi connectivity index (χ2n) is 5.69. The van der Waals surface area contributed by atoms with E-state index in [0.717, 1.165) is 19.6 Å². The molecule has 0 radical (unpaired) electrons. The number of rotatable bonds is 4. The number of nitrogens with zero attached hydrogens (tertiary/aromatic N) is 2. The number of ether oxygens (including phenoxy) is 1. The van der Waals surface area contributed by atoms with Crippen LogP contribution in [0.4, 0.5) is 0 Å². The molecule has 4 nitrogen and oxygen atoms in total. The number of fused-ring (bicyclic) bond motifs is 1. The standard InChI is InChI=1S/C16H22N2O2/c1-20-16-7-3-2-6-14(16)15(19)12-17-9-10-18-8-4-5-13(18)11-17/h2-3,6-7,13H,4-5,8-12H2,1H3. The molecule has 0 aliphatic carbocycles. The first kappa shape index (κ1) is 13.6. The molecule has 0 bridgehead atoms. The predicted molar refractivity (Wildman–Crippen MR) is 78.4 cm³/mol. The fourth-order valence-electron chi connectivity index (χ4n) is 3.36. The zero-order valence-electron chi connectivity index (χ0n) is 12.0. The van der Waals surface area contributed by atoms with E-state index in [0.29, 0.717) is 23.9 Å². The first-order valence-electron chi connectivity index (χ1n) is 7.40. The highest BCUT2D eigenvalue weighted by molar-refractivity contribution is 6.00. The first-order chi connectivity index (χ1) is 9.78. The summed E-state index contributed by atoms with van der Waals surface area (Å²) < 4.78 is 5.28. The van der Waals surface area contributed by atoms with E-state index < -0.39 is 0 Å². The number of carbonyl (C=O) groups is 1. The van der Waals surface area contributed by atoms with Crippen molar-refractivity contribution in [2.75, 3.05) is 39.8 Å². The Morgan fingerprint density at radius 2 is 2.15 bits per heavy atom. The van der Waals surface area contributed by atoms with E-state index in [9.17, 15) is 4.79 Å². The van der Waals surface area contributed by atoms with Crippen molar-refractivity contribution in [2.24, 2.45) is 0 Å². The van der Waals surface area contributed by atoms with Crippen molar-refractivity contribution in [1.82, 2.24) is 9.80 Å². The average molecular weight is 274 g/mol. The van der Waals surface area contributed by atoms with Crippen molar-refractivity contribution in [1.29, 1.82) is 0 Å². The monoisotopic (exact) mass is 274 g/mol. The van der Waals surface area contributed by atoms with Gasteiger partial charge in [0.2, 0.25) is 0 Å². The Kier molecular flexibility index (Phi) is 4.03. The highest BCUT2D eigenvalue weighted by atomic mass is 16.5. The Balaban J connectivity index is 1.64. The third-order valence-corrected chi connectivity index (χ3v) is 4.45. The molecule has 1 atom stereocenters. The molecule has 1 aromatic rings. The summed E-state index contributed by atoms with van der Waals surface area (Å²) >= 11 is 0. The Hall–Kier alpha value is -1.39. The van der Waals surface area contributed by atoms with Gasteiger partial charge in [-0.3, -0.25) is 14.6 Å². The molecule has 2 aliphatic rings. The number of benzene rings is 1. The zero-order valence-corrected chi connectivity index (χ0v) is 12.0. The van der Waals surface area contributed by atoms with Crippen LogP contribution >= 0.6 is 0 Å². The second-order valence-corrected chi connectivity index (χ2v) is 5.69. The molecule has 108 valence electrons. The fourth-order valence-corrected chi connectivity index (χ4v) is 3.36. The maximum Gasteiger partial charge on any atom is 0.180 e. The van der Waals surface area contributed by atoms with E-state index in [1.165, 1.54) is 19.4 Å². The van der Waals surface area contributed by atoms with Gasteiger partial charge in [0, 0.05) is 25.7 Å². The number of piperazine rings is 1. The van der Waals surface area contributed by atoms with Gasteiger partial charge < -0.3 is 4.74 Å². The Labute approximate surface area is 120 Å². The summed E-state index contributed by atoms with van der Waals surface area (Å²) in [5.41, 5.74) is 0.698. The maximum absolute atomic E-state index is 12.4. The summed E-state index contributed by atoms with van der Waals surface area (Å²) in [5.74, 6) is 0.839. The van der Waals surface area contributed by atoms with Gasteiger partial charge in [-0.05, 0) is 31.5 Å². The van der Waals surface area contributed by atoms with E-state index in [-0.39, 0.29) is 5.78 Å². The van der Waals surface area contributed by atoms with Crippen LogP contribution in [0.1, 0.15) is 23.2 Å². The molecular formula is C16H22N2O2. The predicted octanol–water partition coefficient (Wildman–Crippen LogP) is 1.66. The molecule has 0 saturated carbocycles. The minimum Gasteiger partial charge on any atom is -0.496 e. The smallest absolute Gasteiger partial charge is 0.180 e. The van der Waals surface area contributed by atoms with Crippen molar-refractivity contribution in [3.63, 3.8) is 0 Å². The Morgan fingerprint density at radius 3 is 3.00 bits per heavy atom. The average Bonchev–Trinajstić information content (AvgIpc) is 2.94. The third-order valence-electron chi connectivity index (χ3n) is 4.45. The van der Waals surface area contributed by atoms with E-state index >= 15 is 0 Å². The molecule has 20 heavy (non-hydrogen) atoms. The minimum atomic E-state index is 0.161. The van der Waals surface area contributed by atoms with E-state index in [1.807, 2.05) is 24.3 Å². The van der Waals surface area contributed by atoms with Gasteiger partial charge in [-0.2, -0.15) is 0 Å². The Bertz CT molecular complexity index is 489. The summed E-state index contributed by atoms with van der Waals surface area (Å²) in [6.07, 6.45) is 2.58. The lowest BCUT2D eigenvalue weighted by molar-refractivity contribution is 0.0782. The number of hydrogen-bond acceptors (Lipinski definition) is 4.